The molecular weight excluding hydrogens is 320 g/mol. The maximum Gasteiger partial charge on any atom is 0.310 e. The smallest absolute Gasteiger partial charge is 0.310 e. The van der Waals surface area contributed by atoms with E-state index in [9.17, 15) is 9.59 Å². The second-order valence-electron chi connectivity index (χ2n) is 6.24. The van der Waals surface area contributed by atoms with Crippen LogP contribution in [0.4, 0.5) is 0 Å². The lowest BCUT2D eigenvalue weighted by Gasteiger charge is -2.30. The van der Waals surface area contributed by atoms with Crippen LogP contribution < -0.4 is 10.1 Å². The molecule has 1 amide bonds. The van der Waals surface area contributed by atoms with Gasteiger partial charge in [-0.05, 0) is 44.4 Å². The van der Waals surface area contributed by atoms with Crippen molar-refractivity contribution in [2.45, 2.75) is 26.2 Å². The third kappa shape index (κ3) is 6.05. The molecule has 0 spiro atoms. The highest BCUT2D eigenvalue weighted by Crippen LogP contribution is 2.18. The van der Waals surface area contributed by atoms with Crippen LogP contribution in [0.15, 0.2) is 24.3 Å². The summed E-state index contributed by atoms with van der Waals surface area (Å²) in [6, 6.07) is 7.81. The molecule has 0 unspecified atom stereocenters. The Morgan fingerprint density at radius 2 is 2.12 bits per heavy atom. The molecule has 1 aromatic carbocycles. The van der Waals surface area contributed by atoms with Crippen molar-refractivity contribution in [1.82, 2.24) is 10.2 Å². The molecule has 0 saturated carbocycles. The Morgan fingerprint density at radius 3 is 2.88 bits per heavy atom. The fourth-order valence-electron chi connectivity index (χ4n) is 3.16. The van der Waals surface area contributed by atoms with Gasteiger partial charge in [0.05, 0.1) is 26.2 Å². The van der Waals surface area contributed by atoms with Crippen LogP contribution >= 0.6 is 0 Å². The normalized spacial score (nSPS) is 17.8. The van der Waals surface area contributed by atoms with Crippen LogP contribution in [-0.2, 0) is 20.7 Å². The fourth-order valence-corrected chi connectivity index (χ4v) is 3.16. The van der Waals surface area contributed by atoms with Crippen molar-refractivity contribution in [2.75, 3.05) is 39.9 Å². The van der Waals surface area contributed by atoms with Gasteiger partial charge in [-0.3, -0.25) is 14.5 Å². The first-order chi connectivity index (χ1) is 12.1. The van der Waals surface area contributed by atoms with Gasteiger partial charge in [0.15, 0.2) is 0 Å². The van der Waals surface area contributed by atoms with E-state index in [0.717, 1.165) is 37.1 Å². The molecular formula is C19H28N2O4. The van der Waals surface area contributed by atoms with Crippen LogP contribution in [0.5, 0.6) is 5.75 Å². The Hall–Kier alpha value is -2.08. The first kappa shape index (κ1) is 19.2. The first-order valence-corrected chi connectivity index (χ1v) is 8.91. The minimum atomic E-state index is -0.149. The second-order valence-corrected chi connectivity index (χ2v) is 6.24. The Morgan fingerprint density at radius 1 is 1.32 bits per heavy atom. The number of likely N-dealkylation sites (tertiary alicyclic amines) is 1. The van der Waals surface area contributed by atoms with Crippen molar-refractivity contribution in [3.05, 3.63) is 29.8 Å². The van der Waals surface area contributed by atoms with E-state index in [0.29, 0.717) is 26.2 Å². The molecule has 25 heavy (non-hydrogen) atoms. The molecule has 1 saturated heterocycles. The largest absolute Gasteiger partial charge is 0.496 e. The average molecular weight is 348 g/mol. The SMILES string of the molecule is CCOC(=O)[C@H]1CCCN(CC(=O)NCCc2ccccc2OC)C1. The third-order valence-electron chi connectivity index (χ3n) is 4.40. The lowest BCUT2D eigenvalue weighted by molar-refractivity contribution is -0.150. The molecule has 138 valence electrons. The molecule has 0 bridgehead atoms. The maximum absolute atomic E-state index is 12.2. The lowest BCUT2D eigenvalue weighted by atomic mass is 9.98. The zero-order valence-electron chi connectivity index (χ0n) is 15.1. The highest BCUT2D eigenvalue weighted by atomic mass is 16.5. The van der Waals surface area contributed by atoms with E-state index < -0.39 is 0 Å². The molecule has 1 N–H and O–H groups in total. The number of esters is 1. The summed E-state index contributed by atoms with van der Waals surface area (Å²) in [7, 11) is 1.65. The number of nitrogens with one attached hydrogen (secondary N) is 1. The third-order valence-corrected chi connectivity index (χ3v) is 4.40. The summed E-state index contributed by atoms with van der Waals surface area (Å²) < 4.78 is 10.4. The van der Waals surface area contributed by atoms with E-state index >= 15 is 0 Å². The van der Waals surface area contributed by atoms with Gasteiger partial charge in [0, 0.05) is 13.1 Å². The predicted molar refractivity (Wildman–Crippen MR) is 95.5 cm³/mol. The van der Waals surface area contributed by atoms with Crippen LogP contribution in [0.3, 0.4) is 0 Å². The minimum absolute atomic E-state index is 0.0144. The summed E-state index contributed by atoms with van der Waals surface area (Å²) >= 11 is 0. The number of carbonyl (C=O) groups is 2. The second kappa shape index (κ2) is 10.0. The van der Waals surface area contributed by atoms with Crippen LogP contribution in [-0.4, -0.2) is 56.7 Å². The number of piperidine rings is 1. The van der Waals surface area contributed by atoms with E-state index in [2.05, 4.69) is 5.32 Å². The van der Waals surface area contributed by atoms with Crippen LogP contribution in [0.2, 0.25) is 0 Å². The van der Waals surface area contributed by atoms with E-state index in [1.807, 2.05) is 36.1 Å². The van der Waals surface area contributed by atoms with Gasteiger partial charge in [-0.15, -0.1) is 0 Å². The summed E-state index contributed by atoms with van der Waals surface area (Å²) in [6.07, 6.45) is 2.48. The highest BCUT2D eigenvalue weighted by Gasteiger charge is 2.27. The average Bonchev–Trinajstić information content (AvgIpc) is 2.62. The van der Waals surface area contributed by atoms with Crippen LogP contribution in [0.1, 0.15) is 25.3 Å². The number of rotatable bonds is 8. The molecule has 0 aromatic heterocycles. The molecule has 0 aliphatic carbocycles. The molecule has 6 nitrogen and oxygen atoms in total. The molecule has 1 fully saturated rings. The van der Waals surface area contributed by atoms with E-state index in [4.69, 9.17) is 9.47 Å². The van der Waals surface area contributed by atoms with Gasteiger partial charge in [0.2, 0.25) is 5.91 Å². The van der Waals surface area contributed by atoms with Crippen LogP contribution in [0, 0.1) is 5.92 Å². The molecule has 6 heteroatoms. The number of hydrogen-bond acceptors (Lipinski definition) is 5. The van der Waals surface area contributed by atoms with Crippen molar-refractivity contribution >= 4 is 11.9 Å². The number of ether oxygens (including phenoxy) is 2. The van der Waals surface area contributed by atoms with Gasteiger partial charge < -0.3 is 14.8 Å². The summed E-state index contributed by atoms with van der Waals surface area (Å²) in [6.45, 7) is 4.54. The van der Waals surface area contributed by atoms with E-state index in [1.165, 1.54) is 0 Å². The Bertz CT molecular complexity index is 576. The Kier molecular flexibility index (Phi) is 7.73. The lowest BCUT2D eigenvalue weighted by Crippen LogP contribution is -2.44. The topological polar surface area (TPSA) is 67.9 Å². The van der Waals surface area contributed by atoms with Gasteiger partial charge in [-0.2, -0.15) is 0 Å². The van der Waals surface area contributed by atoms with Gasteiger partial charge in [-0.1, -0.05) is 18.2 Å². The molecule has 0 radical (unpaired) electrons. The number of hydrogen-bond donors (Lipinski definition) is 1. The molecule has 1 atom stereocenters. The van der Waals surface area contributed by atoms with Gasteiger partial charge in [-0.25, -0.2) is 0 Å². The summed E-state index contributed by atoms with van der Waals surface area (Å²) in [5.41, 5.74) is 1.07. The summed E-state index contributed by atoms with van der Waals surface area (Å²) in [4.78, 5) is 26.0. The predicted octanol–water partition coefficient (Wildman–Crippen LogP) is 1.63. The van der Waals surface area contributed by atoms with Crippen molar-refractivity contribution in [3.8, 4) is 5.75 Å². The number of para-hydroxylation sites is 1. The maximum atomic E-state index is 12.2. The van der Waals surface area contributed by atoms with Crippen molar-refractivity contribution < 1.29 is 19.1 Å². The van der Waals surface area contributed by atoms with Gasteiger partial charge in [0.25, 0.3) is 0 Å². The number of amides is 1. The van der Waals surface area contributed by atoms with Gasteiger partial charge >= 0.3 is 5.97 Å². The Labute approximate surface area is 149 Å². The van der Waals surface area contributed by atoms with Crippen molar-refractivity contribution in [3.63, 3.8) is 0 Å². The molecule has 1 aliphatic heterocycles. The van der Waals surface area contributed by atoms with Gasteiger partial charge in [0.1, 0.15) is 5.75 Å². The van der Waals surface area contributed by atoms with E-state index in [1.54, 1.807) is 7.11 Å². The first-order valence-electron chi connectivity index (χ1n) is 8.91. The zero-order chi connectivity index (χ0) is 18.1. The molecule has 1 aliphatic rings. The monoisotopic (exact) mass is 348 g/mol. The Balaban J connectivity index is 1.73. The molecule has 1 aromatic rings. The zero-order valence-corrected chi connectivity index (χ0v) is 15.1. The standard InChI is InChI=1S/C19H28N2O4/c1-3-25-19(23)16-8-6-12-21(13-16)14-18(22)20-11-10-15-7-4-5-9-17(15)24-2/h4-5,7,9,16H,3,6,8,10-14H2,1-2H3,(H,20,22)/t16-/m0/s1. The number of nitrogens with zero attached hydrogens (tertiary/aromatic N) is 1. The summed E-state index contributed by atoms with van der Waals surface area (Å²) in [5, 5.41) is 2.95. The van der Waals surface area contributed by atoms with Crippen molar-refractivity contribution in [2.24, 2.45) is 5.92 Å². The highest BCUT2D eigenvalue weighted by molar-refractivity contribution is 5.78. The van der Waals surface area contributed by atoms with Crippen LogP contribution in [0.25, 0.3) is 0 Å². The van der Waals surface area contributed by atoms with E-state index in [-0.39, 0.29) is 17.8 Å². The minimum Gasteiger partial charge on any atom is -0.496 e. The number of methoxy groups -OCH3 is 1. The summed E-state index contributed by atoms with van der Waals surface area (Å²) in [5.74, 6) is 0.559. The number of carbonyl (C=O) groups excluding carboxylic acids is 2. The molecule has 2 rings (SSSR count). The number of benzene rings is 1. The molecule has 1 heterocycles. The fraction of sp³-hybridized carbons (Fsp3) is 0.579. The van der Waals surface area contributed by atoms with Crippen molar-refractivity contribution in [1.29, 1.82) is 0 Å². The quantitative estimate of drug-likeness (QED) is 0.723.